The molecular weight excluding hydrogens is 297 g/mol. The molecule has 2 unspecified atom stereocenters. The number of imidazole rings is 1. The molecule has 1 aromatic carbocycles. The molecule has 108 valence electrons. The number of nitrogens with zero attached hydrogens (tertiary/aromatic N) is 2. The second kappa shape index (κ2) is 6.02. The van der Waals surface area contributed by atoms with Crippen LogP contribution >= 0.6 is 23.2 Å². The number of fused-ring (bicyclic) bond motifs is 1. The Bertz CT molecular complexity index is 637. The number of carbonyl (C=O) groups excluding carboxylic acids is 1. The number of rotatable bonds is 4. The number of benzene rings is 1. The zero-order valence-electron chi connectivity index (χ0n) is 11.7. The highest BCUT2D eigenvalue weighted by atomic mass is 35.5. The Hall–Kier alpha value is -1.26. The number of hydrogen-bond acceptors (Lipinski definition) is 2. The van der Waals surface area contributed by atoms with Crippen molar-refractivity contribution < 1.29 is 4.79 Å². The van der Waals surface area contributed by atoms with Crippen molar-refractivity contribution in [2.24, 2.45) is 0 Å². The van der Waals surface area contributed by atoms with Gasteiger partial charge in [-0.25, -0.2) is 4.98 Å². The lowest BCUT2D eigenvalue weighted by Gasteiger charge is -2.17. The Morgan fingerprint density at radius 3 is 2.75 bits per heavy atom. The summed E-state index contributed by atoms with van der Waals surface area (Å²) in [6, 6.07) is 5.05. The lowest BCUT2D eigenvalue weighted by atomic mass is 10.2. The first kappa shape index (κ1) is 15.1. The molecule has 0 saturated carbocycles. The standard InChI is InChI=1S/C14H17Cl2N3O/c1-4-17-14(20)9(3)19-12-6-5-10(16)7-11(12)18-13(19)8(2)15/h5-9H,4H2,1-3H3,(H,17,20). The second-order valence-corrected chi connectivity index (χ2v) is 5.75. The minimum absolute atomic E-state index is 0.0553. The fourth-order valence-corrected chi connectivity index (χ4v) is 2.54. The summed E-state index contributed by atoms with van der Waals surface area (Å²) in [5, 5.41) is 3.14. The molecule has 0 radical (unpaired) electrons. The summed E-state index contributed by atoms with van der Waals surface area (Å²) in [6.07, 6.45) is 0. The first-order valence-electron chi connectivity index (χ1n) is 6.54. The summed E-state index contributed by atoms with van der Waals surface area (Å²) < 4.78 is 1.87. The molecule has 2 rings (SSSR count). The summed E-state index contributed by atoms with van der Waals surface area (Å²) >= 11 is 12.2. The van der Waals surface area contributed by atoms with Crippen LogP contribution in [0.3, 0.4) is 0 Å². The van der Waals surface area contributed by atoms with Gasteiger partial charge in [-0.15, -0.1) is 11.6 Å². The molecule has 2 atom stereocenters. The highest BCUT2D eigenvalue weighted by Crippen LogP contribution is 2.29. The number of likely N-dealkylation sites (N-methyl/N-ethyl adjacent to an activating group) is 1. The molecule has 0 bridgehead atoms. The van der Waals surface area contributed by atoms with Gasteiger partial charge in [-0.2, -0.15) is 0 Å². The van der Waals surface area contributed by atoms with E-state index in [0.717, 1.165) is 11.0 Å². The topological polar surface area (TPSA) is 46.9 Å². The number of alkyl halides is 1. The zero-order valence-corrected chi connectivity index (χ0v) is 13.2. The summed E-state index contributed by atoms with van der Waals surface area (Å²) in [5.41, 5.74) is 1.60. The number of halogens is 2. The van der Waals surface area contributed by atoms with Crippen LogP contribution in [0.2, 0.25) is 5.02 Å². The lowest BCUT2D eigenvalue weighted by molar-refractivity contribution is -0.123. The average Bonchev–Trinajstić information content (AvgIpc) is 2.76. The largest absolute Gasteiger partial charge is 0.355 e. The van der Waals surface area contributed by atoms with Crippen molar-refractivity contribution in [3.63, 3.8) is 0 Å². The quantitative estimate of drug-likeness (QED) is 0.875. The fraction of sp³-hybridized carbons (Fsp3) is 0.429. The predicted molar refractivity (Wildman–Crippen MR) is 82.4 cm³/mol. The summed E-state index contributed by atoms with van der Waals surface area (Å²) in [5.74, 6) is 0.614. The molecule has 1 amide bonds. The molecule has 0 aliphatic carbocycles. The van der Waals surface area contributed by atoms with E-state index in [2.05, 4.69) is 10.3 Å². The van der Waals surface area contributed by atoms with Crippen molar-refractivity contribution in [3.05, 3.63) is 29.0 Å². The van der Waals surface area contributed by atoms with Crippen molar-refractivity contribution in [1.29, 1.82) is 0 Å². The van der Waals surface area contributed by atoms with E-state index in [1.165, 1.54) is 0 Å². The van der Waals surface area contributed by atoms with E-state index in [1.54, 1.807) is 12.1 Å². The number of nitrogens with one attached hydrogen (secondary N) is 1. The maximum Gasteiger partial charge on any atom is 0.242 e. The summed E-state index contributed by atoms with van der Waals surface area (Å²) in [6.45, 7) is 6.16. The van der Waals surface area contributed by atoms with Gasteiger partial charge < -0.3 is 9.88 Å². The molecule has 4 nitrogen and oxygen atoms in total. The molecule has 2 aromatic rings. The third kappa shape index (κ3) is 2.76. The summed E-state index contributed by atoms with van der Waals surface area (Å²) in [4.78, 5) is 16.6. The third-order valence-corrected chi connectivity index (χ3v) is 3.58. The Balaban J connectivity index is 2.59. The lowest BCUT2D eigenvalue weighted by Crippen LogP contribution is -2.31. The Labute approximate surface area is 128 Å². The van der Waals surface area contributed by atoms with Crippen LogP contribution in [0.4, 0.5) is 0 Å². The number of carbonyl (C=O) groups is 1. The minimum Gasteiger partial charge on any atom is -0.355 e. The molecule has 1 heterocycles. The molecule has 1 aromatic heterocycles. The van der Waals surface area contributed by atoms with Crippen molar-refractivity contribution >= 4 is 40.1 Å². The van der Waals surface area contributed by atoms with Crippen LogP contribution in [0.1, 0.15) is 38.0 Å². The molecule has 0 spiro atoms. The SMILES string of the molecule is CCNC(=O)C(C)n1c(C(C)Cl)nc2cc(Cl)ccc21. The van der Waals surface area contributed by atoms with Gasteiger partial charge in [0, 0.05) is 11.6 Å². The van der Waals surface area contributed by atoms with E-state index < -0.39 is 0 Å². The van der Waals surface area contributed by atoms with Gasteiger partial charge in [0.2, 0.25) is 5.91 Å². The number of hydrogen-bond donors (Lipinski definition) is 1. The molecule has 0 fully saturated rings. The van der Waals surface area contributed by atoms with E-state index in [-0.39, 0.29) is 17.3 Å². The van der Waals surface area contributed by atoms with Crippen LogP contribution in [-0.2, 0) is 4.79 Å². The maximum absolute atomic E-state index is 12.1. The maximum atomic E-state index is 12.1. The van der Waals surface area contributed by atoms with Gasteiger partial charge >= 0.3 is 0 Å². The van der Waals surface area contributed by atoms with Gasteiger partial charge in [0.1, 0.15) is 11.9 Å². The molecule has 6 heteroatoms. The van der Waals surface area contributed by atoms with E-state index in [4.69, 9.17) is 23.2 Å². The van der Waals surface area contributed by atoms with Crippen LogP contribution in [0.15, 0.2) is 18.2 Å². The zero-order chi connectivity index (χ0) is 14.9. The van der Waals surface area contributed by atoms with E-state index in [0.29, 0.717) is 17.4 Å². The molecule has 0 aliphatic heterocycles. The molecule has 0 aliphatic rings. The fourth-order valence-electron chi connectivity index (χ4n) is 2.22. The normalized spacial score (nSPS) is 14.2. The van der Waals surface area contributed by atoms with Crippen LogP contribution in [0.25, 0.3) is 11.0 Å². The van der Waals surface area contributed by atoms with Crippen molar-refractivity contribution in [2.75, 3.05) is 6.54 Å². The van der Waals surface area contributed by atoms with E-state index in [9.17, 15) is 4.79 Å². The van der Waals surface area contributed by atoms with Crippen molar-refractivity contribution in [1.82, 2.24) is 14.9 Å². The highest BCUT2D eigenvalue weighted by molar-refractivity contribution is 6.31. The Morgan fingerprint density at radius 2 is 2.15 bits per heavy atom. The number of amides is 1. The number of aromatic nitrogens is 2. The van der Waals surface area contributed by atoms with Crippen LogP contribution in [0, 0.1) is 0 Å². The predicted octanol–water partition coefficient (Wildman–Crippen LogP) is 3.69. The van der Waals surface area contributed by atoms with Gasteiger partial charge in [0.25, 0.3) is 0 Å². The molecular formula is C14H17Cl2N3O. The highest BCUT2D eigenvalue weighted by Gasteiger charge is 2.23. The van der Waals surface area contributed by atoms with Gasteiger partial charge in [-0.3, -0.25) is 4.79 Å². The van der Waals surface area contributed by atoms with Gasteiger partial charge in [0.15, 0.2) is 0 Å². The van der Waals surface area contributed by atoms with Crippen molar-refractivity contribution in [3.8, 4) is 0 Å². The van der Waals surface area contributed by atoms with Crippen molar-refractivity contribution in [2.45, 2.75) is 32.2 Å². The monoisotopic (exact) mass is 313 g/mol. The first-order valence-corrected chi connectivity index (χ1v) is 7.36. The van der Waals surface area contributed by atoms with Crippen LogP contribution in [0.5, 0.6) is 0 Å². The first-order chi connectivity index (χ1) is 9.45. The molecule has 1 N–H and O–H groups in total. The molecule has 20 heavy (non-hydrogen) atoms. The Kier molecular flexibility index (Phi) is 4.55. The van der Waals surface area contributed by atoms with Crippen LogP contribution in [-0.4, -0.2) is 22.0 Å². The smallest absolute Gasteiger partial charge is 0.242 e. The average molecular weight is 314 g/mol. The van der Waals surface area contributed by atoms with Gasteiger partial charge in [-0.05, 0) is 39.0 Å². The Morgan fingerprint density at radius 1 is 1.45 bits per heavy atom. The van der Waals surface area contributed by atoms with Gasteiger partial charge in [-0.1, -0.05) is 11.6 Å². The second-order valence-electron chi connectivity index (χ2n) is 4.66. The van der Waals surface area contributed by atoms with Crippen LogP contribution < -0.4 is 5.32 Å². The summed E-state index contributed by atoms with van der Waals surface area (Å²) in [7, 11) is 0. The van der Waals surface area contributed by atoms with E-state index in [1.807, 2.05) is 31.4 Å². The minimum atomic E-state index is -0.377. The van der Waals surface area contributed by atoms with Gasteiger partial charge in [0.05, 0.1) is 16.4 Å². The third-order valence-electron chi connectivity index (χ3n) is 3.15. The molecule has 0 saturated heterocycles. The van der Waals surface area contributed by atoms with E-state index >= 15 is 0 Å².